The Hall–Kier alpha value is -5.05. The van der Waals surface area contributed by atoms with Gasteiger partial charge in [0.25, 0.3) is 0 Å². The lowest BCUT2D eigenvalue weighted by atomic mass is 9.88. The monoisotopic (exact) mass is 698 g/mol. The number of nitrogens with zero attached hydrogens (tertiary/aromatic N) is 3. The fourth-order valence-corrected chi connectivity index (χ4v) is 8.94. The van der Waals surface area contributed by atoms with Gasteiger partial charge in [0.2, 0.25) is 21.1 Å². The third kappa shape index (κ3) is 6.86. The van der Waals surface area contributed by atoms with Crippen LogP contribution in [-0.4, -0.2) is 45.7 Å². The van der Waals surface area contributed by atoms with Crippen molar-refractivity contribution in [1.82, 2.24) is 8.88 Å². The van der Waals surface area contributed by atoms with Gasteiger partial charge in [-0.1, -0.05) is 68.4 Å². The molecule has 260 valence electrons. The number of benzene rings is 5. The van der Waals surface area contributed by atoms with Gasteiger partial charge < -0.3 is 9.32 Å². The highest BCUT2D eigenvalue weighted by atomic mass is 32.2. The summed E-state index contributed by atoms with van der Waals surface area (Å²) in [4.78, 5) is 15.1. The minimum atomic E-state index is -3.80. The Morgan fingerprint density at radius 3 is 2.22 bits per heavy atom. The molecule has 2 heterocycles. The molecule has 1 saturated heterocycles. The summed E-state index contributed by atoms with van der Waals surface area (Å²) in [6, 6.07) is 40.2. The SMILES string of the molecule is CC(C)C(=O)C1CCN(S(=O)(=O)c2ccccc2Cc2c3cc/c(=[N+](/C)c4ccccc4)cc-3oc3cc(N(C)c4ccccc4)ccc23)CC1. The molecular weight excluding hydrogens is 655 g/mol. The summed E-state index contributed by atoms with van der Waals surface area (Å²) >= 11 is 0. The van der Waals surface area contributed by atoms with Crippen LogP contribution in [0, 0.1) is 11.8 Å². The lowest BCUT2D eigenvalue weighted by Gasteiger charge is -2.31. The van der Waals surface area contributed by atoms with Crippen molar-refractivity contribution in [3.8, 4) is 11.3 Å². The van der Waals surface area contributed by atoms with E-state index in [0.717, 1.165) is 55.8 Å². The number of rotatable bonds is 9. The van der Waals surface area contributed by atoms with Gasteiger partial charge in [-0.05, 0) is 60.4 Å². The van der Waals surface area contributed by atoms with Crippen molar-refractivity contribution in [2.24, 2.45) is 11.8 Å². The van der Waals surface area contributed by atoms with E-state index in [-0.39, 0.29) is 17.6 Å². The quantitative estimate of drug-likeness (QED) is 0.112. The van der Waals surface area contributed by atoms with Crippen molar-refractivity contribution < 1.29 is 17.6 Å². The maximum Gasteiger partial charge on any atom is 0.243 e. The third-order valence-corrected chi connectivity index (χ3v) is 12.2. The standard InChI is InChI=1S/C43H44N3O4S/c1-30(2)43(47)31-23-25-46(26-24-31)51(48,49)42-18-12-11-13-32(42)27-39-37-21-19-35(44(3)33-14-7-5-8-15-33)28-40(37)50-41-29-36(20-22-38(39)41)45(4)34-16-9-6-10-17-34/h5-22,28-31H,23-27H2,1-4H3/q+1. The van der Waals surface area contributed by atoms with E-state index in [1.165, 1.54) is 0 Å². The summed E-state index contributed by atoms with van der Waals surface area (Å²) in [7, 11) is 0.271. The van der Waals surface area contributed by atoms with Crippen LogP contribution in [0.15, 0.2) is 131 Å². The van der Waals surface area contributed by atoms with E-state index in [1.807, 2.05) is 76.5 Å². The van der Waals surface area contributed by atoms with Crippen LogP contribution >= 0.6 is 0 Å². The van der Waals surface area contributed by atoms with E-state index in [9.17, 15) is 13.2 Å². The Bertz CT molecular complexity index is 2340. The van der Waals surface area contributed by atoms with E-state index in [4.69, 9.17) is 4.42 Å². The highest BCUT2D eigenvalue weighted by Crippen LogP contribution is 2.38. The Labute approximate surface area is 300 Å². The summed E-state index contributed by atoms with van der Waals surface area (Å²) in [6.45, 7) is 4.50. The van der Waals surface area contributed by atoms with Gasteiger partial charge in [-0.3, -0.25) is 4.79 Å². The second kappa shape index (κ2) is 14.3. The number of hydrogen-bond acceptors (Lipinski definition) is 5. The van der Waals surface area contributed by atoms with Gasteiger partial charge in [0.1, 0.15) is 24.2 Å². The zero-order valence-electron chi connectivity index (χ0n) is 29.6. The molecule has 0 amide bonds. The smallest absolute Gasteiger partial charge is 0.243 e. The predicted octanol–water partition coefficient (Wildman–Crippen LogP) is 8.26. The molecule has 0 spiro atoms. The van der Waals surface area contributed by atoms with Crippen molar-refractivity contribution >= 4 is 43.8 Å². The number of sulfonamides is 1. The highest BCUT2D eigenvalue weighted by Gasteiger charge is 2.34. The van der Waals surface area contributed by atoms with Crippen LogP contribution in [0.3, 0.4) is 0 Å². The van der Waals surface area contributed by atoms with Gasteiger partial charge >= 0.3 is 0 Å². The van der Waals surface area contributed by atoms with Gasteiger partial charge in [0.05, 0.1) is 11.0 Å². The molecule has 8 heteroatoms. The van der Waals surface area contributed by atoms with E-state index in [0.29, 0.717) is 37.2 Å². The number of anilines is 2. The Kier molecular flexibility index (Phi) is 9.64. The van der Waals surface area contributed by atoms with Crippen molar-refractivity contribution in [3.63, 3.8) is 0 Å². The first kappa shape index (κ1) is 34.4. The maximum absolute atomic E-state index is 14.3. The number of carbonyl (C=O) groups excluding carboxylic acids is 1. The molecule has 2 aliphatic heterocycles. The van der Waals surface area contributed by atoms with Crippen LogP contribution in [0.4, 0.5) is 17.1 Å². The van der Waals surface area contributed by atoms with Crippen LogP contribution < -0.4 is 14.8 Å². The molecule has 1 fully saturated rings. The first-order valence-electron chi connectivity index (χ1n) is 17.6. The van der Waals surface area contributed by atoms with Gasteiger partial charge in [0, 0.05) is 85.0 Å². The zero-order chi connectivity index (χ0) is 35.7. The molecule has 51 heavy (non-hydrogen) atoms. The highest BCUT2D eigenvalue weighted by molar-refractivity contribution is 7.89. The molecule has 0 atom stereocenters. The van der Waals surface area contributed by atoms with Crippen molar-refractivity contribution in [2.75, 3.05) is 32.1 Å². The molecule has 7 rings (SSSR count). The predicted molar refractivity (Wildman–Crippen MR) is 205 cm³/mol. The molecule has 0 N–H and O–H groups in total. The topological polar surface area (TPSA) is 73.8 Å². The van der Waals surface area contributed by atoms with E-state index >= 15 is 0 Å². The molecule has 0 radical (unpaired) electrons. The van der Waals surface area contributed by atoms with Crippen molar-refractivity contribution in [1.29, 1.82) is 0 Å². The average molecular weight is 699 g/mol. The minimum absolute atomic E-state index is 0.0502. The summed E-state index contributed by atoms with van der Waals surface area (Å²) in [5.74, 6) is 0.798. The molecule has 0 aromatic heterocycles. The summed E-state index contributed by atoms with van der Waals surface area (Å²) in [6.07, 6.45) is 1.49. The van der Waals surface area contributed by atoms with Crippen molar-refractivity contribution in [2.45, 2.75) is 38.0 Å². The molecule has 0 bridgehead atoms. The lowest BCUT2D eigenvalue weighted by Crippen LogP contribution is -2.41. The van der Waals surface area contributed by atoms with Gasteiger partial charge in [-0.2, -0.15) is 8.88 Å². The summed E-state index contributed by atoms with van der Waals surface area (Å²) < 4.78 is 38.9. The van der Waals surface area contributed by atoms with Crippen LogP contribution in [-0.2, 0) is 21.2 Å². The molecule has 4 aromatic rings. The molecule has 3 aliphatic rings. The number of carbonyl (C=O) groups is 1. The second-order valence-electron chi connectivity index (χ2n) is 13.8. The summed E-state index contributed by atoms with van der Waals surface area (Å²) in [5.41, 5.74) is 6.46. The maximum atomic E-state index is 14.3. The normalized spacial score (nSPS) is 15.0. The molecule has 0 unspecified atom stereocenters. The zero-order valence-corrected chi connectivity index (χ0v) is 30.4. The number of fused-ring (bicyclic) bond motifs is 2. The molecule has 7 nitrogen and oxygen atoms in total. The molecule has 0 saturated carbocycles. The molecule has 4 aromatic carbocycles. The lowest BCUT2D eigenvalue weighted by molar-refractivity contribution is -0.126. The fourth-order valence-electron chi connectivity index (χ4n) is 7.25. The fraction of sp³-hybridized carbons (Fsp3) is 0.256. The number of para-hydroxylation sites is 2. The Balaban J connectivity index is 1.33. The number of piperidine rings is 1. The average Bonchev–Trinajstić information content (AvgIpc) is 3.17. The van der Waals surface area contributed by atoms with Crippen LogP contribution in [0.25, 0.3) is 22.3 Å². The number of Topliss-reactive ketones (excluding diaryl/α,β-unsaturated/α-hetero) is 1. The van der Waals surface area contributed by atoms with Crippen LogP contribution in [0.5, 0.6) is 0 Å². The Morgan fingerprint density at radius 2 is 1.51 bits per heavy atom. The first-order valence-corrected chi connectivity index (χ1v) is 19.1. The molecule has 1 aliphatic carbocycles. The van der Waals surface area contributed by atoms with Crippen molar-refractivity contribution in [3.05, 3.63) is 138 Å². The largest absolute Gasteiger partial charge is 0.456 e. The third-order valence-electron chi connectivity index (χ3n) is 10.2. The van der Waals surface area contributed by atoms with Crippen LogP contribution in [0.1, 0.15) is 37.8 Å². The van der Waals surface area contributed by atoms with E-state index < -0.39 is 10.0 Å². The van der Waals surface area contributed by atoms with Gasteiger partial charge in [0.15, 0.2) is 0 Å². The summed E-state index contributed by atoms with van der Waals surface area (Å²) in [5, 5.41) is 1.90. The Morgan fingerprint density at radius 1 is 0.843 bits per heavy atom. The first-order chi connectivity index (χ1) is 24.6. The van der Waals surface area contributed by atoms with Gasteiger partial charge in [-0.15, -0.1) is 0 Å². The number of ketones is 1. The van der Waals surface area contributed by atoms with E-state index in [1.54, 1.807) is 16.4 Å². The van der Waals surface area contributed by atoms with E-state index in [2.05, 4.69) is 70.1 Å². The second-order valence-corrected chi connectivity index (χ2v) is 15.7. The van der Waals surface area contributed by atoms with Gasteiger partial charge in [-0.25, -0.2) is 8.42 Å². The number of hydrogen-bond donors (Lipinski definition) is 0. The minimum Gasteiger partial charge on any atom is -0.456 e. The molecular formula is C43H44N3O4S+. The van der Waals surface area contributed by atoms with Crippen LogP contribution in [0.2, 0.25) is 0 Å².